The van der Waals surface area contributed by atoms with Crippen molar-refractivity contribution in [2.45, 2.75) is 31.9 Å². The number of methoxy groups -OCH3 is 1. The number of unbranched alkanes of at least 4 members (excludes halogenated alkanes) is 2. The van der Waals surface area contributed by atoms with Crippen molar-refractivity contribution in [1.82, 2.24) is 0 Å². The minimum absolute atomic E-state index is 0.398. The smallest absolute Gasteiger partial charge is 0.119 e. The van der Waals surface area contributed by atoms with Crippen LogP contribution in [0.25, 0.3) is 0 Å². The van der Waals surface area contributed by atoms with E-state index in [-0.39, 0.29) is 0 Å². The van der Waals surface area contributed by atoms with Crippen molar-refractivity contribution in [2.24, 2.45) is 5.73 Å². The fourth-order valence-electron chi connectivity index (χ4n) is 1.72. The van der Waals surface area contributed by atoms with Gasteiger partial charge in [-0.25, -0.2) is 0 Å². The third-order valence-corrected chi connectivity index (χ3v) is 3.88. The number of rotatable bonds is 7. The van der Waals surface area contributed by atoms with Gasteiger partial charge in [-0.3, -0.25) is 0 Å². The first-order valence-corrected chi connectivity index (χ1v) is 7.90. The van der Waals surface area contributed by atoms with Gasteiger partial charge < -0.3 is 10.5 Å². The second-order valence-corrected chi connectivity index (χ2v) is 5.39. The van der Waals surface area contributed by atoms with Crippen LogP contribution in [0.15, 0.2) is 18.2 Å². The van der Waals surface area contributed by atoms with Gasteiger partial charge in [-0.15, -0.1) is 0 Å². The number of thioether (sulfide) groups is 1. The largest absolute Gasteiger partial charge is 0.497 e. The Balaban J connectivity index is 2.66. The van der Waals surface area contributed by atoms with Crippen molar-refractivity contribution in [3.8, 4) is 17.6 Å². The quantitative estimate of drug-likeness (QED) is 0.612. The number of nitrogens with two attached hydrogens (primary N) is 1. The molecule has 1 aromatic carbocycles. The minimum atomic E-state index is 0.398. The number of hydrogen-bond donors (Lipinski definition) is 1. The summed E-state index contributed by atoms with van der Waals surface area (Å²) in [7, 11) is 1.69. The average Bonchev–Trinajstić information content (AvgIpc) is 2.45. The summed E-state index contributed by atoms with van der Waals surface area (Å²) in [6.07, 6.45) is 3.87. The van der Waals surface area contributed by atoms with Crippen LogP contribution in [0.3, 0.4) is 0 Å². The van der Waals surface area contributed by atoms with Crippen LogP contribution in [0.4, 0.5) is 0 Å². The molecule has 1 aromatic rings. The lowest BCUT2D eigenvalue weighted by Crippen LogP contribution is -1.95. The summed E-state index contributed by atoms with van der Waals surface area (Å²) >= 11 is 1.96. The molecule has 2 N–H and O–H groups in total. The molecule has 0 amide bonds. The molecule has 0 saturated carbocycles. The maximum Gasteiger partial charge on any atom is 0.119 e. The van der Waals surface area contributed by atoms with E-state index in [1.807, 2.05) is 23.9 Å². The first-order valence-electron chi connectivity index (χ1n) is 6.75. The van der Waals surface area contributed by atoms with E-state index in [1.165, 1.54) is 30.6 Å². The Morgan fingerprint density at radius 3 is 2.84 bits per heavy atom. The van der Waals surface area contributed by atoms with Gasteiger partial charge in [0.2, 0.25) is 0 Å². The average molecular weight is 277 g/mol. The standard InChI is InChI=1S/C16H23NOS/c1-3-4-5-11-19-13-15-12-16(18-2)9-8-14(15)7-6-10-17/h8-9,12H,3-5,10-11,13,17H2,1-2H3. The molecule has 104 valence electrons. The fourth-order valence-corrected chi connectivity index (χ4v) is 2.73. The number of benzene rings is 1. The summed E-state index contributed by atoms with van der Waals surface area (Å²) in [6.45, 7) is 2.63. The summed E-state index contributed by atoms with van der Waals surface area (Å²) in [6, 6.07) is 6.04. The van der Waals surface area contributed by atoms with Gasteiger partial charge in [-0.1, -0.05) is 31.6 Å². The first-order chi connectivity index (χ1) is 9.31. The van der Waals surface area contributed by atoms with Gasteiger partial charge in [-0.2, -0.15) is 11.8 Å². The van der Waals surface area contributed by atoms with E-state index in [0.717, 1.165) is 17.1 Å². The molecule has 1 rings (SSSR count). The Hall–Kier alpha value is -1.11. The second kappa shape index (κ2) is 9.77. The predicted octanol–water partition coefficient (Wildman–Crippen LogP) is 3.43. The van der Waals surface area contributed by atoms with Crippen molar-refractivity contribution in [3.63, 3.8) is 0 Å². The monoisotopic (exact) mass is 277 g/mol. The van der Waals surface area contributed by atoms with E-state index in [1.54, 1.807) is 7.11 Å². The zero-order chi connectivity index (χ0) is 13.9. The Labute approximate surface area is 121 Å². The summed E-state index contributed by atoms with van der Waals surface area (Å²) < 4.78 is 5.28. The molecule has 0 fully saturated rings. The van der Waals surface area contributed by atoms with Gasteiger partial charge >= 0.3 is 0 Å². The van der Waals surface area contributed by atoms with Gasteiger partial charge in [0, 0.05) is 11.3 Å². The molecule has 0 unspecified atom stereocenters. The van der Waals surface area contributed by atoms with Crippen molar-refractivity contribution in [1.29, 1.82) is 0 Å². The van der Waals surface area contributed by atoms with Crippen LogP contribution >= 0.6 is 11.8 Å². The predicted molar refractivity (Wildman–Crippen MR) is 84.6 cm³/mol. The van der Waals surface area contributed by atoms with Crippen molar-refractivity contribution >= 4 is 11.8 Å². The normalized spacial score (nSPS) is 9.84. The molecule has 0 heterocycles. The van der Waals surface area contributed by atoms with Crippen LogP contribution in [0.5, 0.6) is 5.75 Å². The highest BCUT2D eigenvalue weighted by Gasteiger charge is 2.03. The van der Waals surface area contributed by atoms with E-state index >= 15 is 0 Å². The topological polar surface area (TPSA) is 35.2 Å². The van der Waals surface area contributed by atoms with Crippen LogP contribution in [0, 0.1) is 11.8 Å². The first kappa shape index (κ1) is 15.9. The van der Waals surface area contributed by atoms with Crippen LogP contribution < -0.4 is 10.5 Å². The van der Waals surface area contributed by atoms with Crippen LogP contribution in [0.1, 0.15) is 37.3 Å². The van der Waals surface area contributed by atoms with Gasteiger partial charge in [0.1, 0.15) is 5.75 Å². The lowest BCUT2D eigenvalue weighted by molar-refractivity contribution is 0.414. The lowest BCUT2D eigenvalue weighted by Gasteiger charge is -2.07. The molecular weight excluding hydrogens is 254 g/mol. The van der Waals surface area contributed by atoms with Gasteiger partial charge in [0.25, 0.3) is 0 Å². The Morgan fingerprint density at radius 1 is 1.32 bits per heavy atom. The van der Waals surface area contributed by atoms with Crippen LogP contribution in [-0.4, -0.2) is 19.4 Å². The van der Waals surface area contributed by atoms with Crippen molar-refractivity contribution in [2.75, 3.05) is 19.4 Å². The highest BCUT2D eigenvalue weighted by atomic mass is 32.2. The maximum atomic E-state index is 5.43. The van der Waals surface area contributed by atoms with Crippen molar-refractivity contribution in [3.05, 3.63) is 29.3 Å². The zero-order valence-electron chi connectivity index (χ0n) is 11.9. The summed E-state index contributed by atoms with van der Waals surface area (Å²) in [5.74, 6) is 9.13. The molecule has 0 aliphatic rings. The van der Waals surface area contributed by atoms with E-state index in [4.69, 9.17) is 10.5 Å². The Kier molecular flexibility index (Phi) is 8.20. The molecule has 0 spiro atoms. The molecule has 0 saturated heterocycles. The summed E-state index contributed by atoms with van der Waals surface area (Å²) in [4.78, 5) is 0. The third-order valence-electron chi connectivity index (χ3n) is 2.79. The van der Waals surface area contributed by atoms with Gasteiger partial charge in [0.05, 0.1) is 13.7 Å². The van der Waals surface area contributed by atoms with E-state index < -0.39 is 0 Å². The van der Waals surface area contributed by atoms with Crippen LogP contribution in [-0.2, 0) is 5.75 Å². The molecule has 0 aliphatic carbocycles. The SMILES string of the molecule is CCCCCSCc1cc(OC)ccc1C#CCN. The highest BCUT2D eigenvalue weighted by molar-refractivity contribution is 7.98. The highest BCUT2D eigenvalue weighted by Crippen LogP contribution is 2.22. The number of ether oxygens (including phenoxy) is 1. The Bertz CT molecular complexity index is 434. The second-order valence-electron chi connectivity index (χ2n) is 4.29. The fraction of sp³-hybridized carbons (Fsp3) is 0.500. The Morgan fingerprint density at radius 2 is 2.16 bits per heavy atom. The lowest BCUT2D eigenvalue weighted by atomic mass is 10.1. The van der Waals surface area contributed by atoms with Crippen LogP contribution in [0.2, 0.25) is 0 Å². The van der Waals surface area contributed by atoms with E-state index in [9.17, 15) is 0 Å². The maximum absolute atomic E-state index is 5.43. The molecule has 2 nitrogen and oxygen atoms in total. The molecule has 0 aromatic heterocycles. The number of hydrogen-bond acceptors (Lipinski definition) is 3. The molecule has 19 heavy (non-hydrogen) atoms. The van der Waals surface area contributed by atoms with Gasteiger partial charge in [0.15, 0.2) is 0 Å². The summed E-state index contributed by atoms with van der Waals surface area (Å²) in [5.41, 5.74) is 7.74. The molecular formula is C16H23NOS. The minimum Gasteiger partial charge on any atom is -0.497 e. The molecule has 3 heteroatoms. The third kappa shape index (κ3) is 6.04. The van der Waals surface area contributed by atoms with E-state index in [0.29, 0.717) is 6.54 Å². The van der Waals surface area contributed by atoms with Crippen molar-refractivity contribution < 1.29 is 4.74 Å². The molecule has 0 bridgehead atoms. The van der Waals surface area contributed by atoms with E-state index in [2.05, 4.69) is 24.8 Å². The summed E-state index contributed by atoms with van der Waals surface area (Å²) in [5, 5.41) is 0. The molecule has 0 atom stereocenters. The zero-order valence-corrected chi connectivity index (χ0v) is 12.7. The molecule has 0 aliphatic heterocycles. The van der Waals surface area contributed by atoms with Gasteiger partial charge in [-0.05, 0) is 35.9 Å². The molecule has 0 radical (unpaired) electrons.